The zero-order valence-corrected chi connectivity index (χ0v) is 14.7. The molecular weight excluding hydrogens is 318 g/mol. The average Bonchev–Trinajstić information content (AvgIpc) is 2.37. The Morgan fingerprint density at radius 1 is 1.00 bits per heavy atom. The third-order valence-electron chi connectivity index (χ3n) is 3.41. The van der Waals surface area contributed by atoms with Gasteiger partial charge in [-0.2, -0.15) is 0 Å². The van der Waals surface area contributed by atoms with Crippen molar-refractivity contribution < 1.29 is 8.42 Å². The summed E-state index contributed by atoms with van der Waals surface area (Å²) in [5, 5.41) is 0.504. The predicted molar refractivity (Wildman–Crippen MR) is 92.1 cm³/mol. The van der Waals surface area contributed by atoms with Crippen LogP contribution in [-0.2, 0) is 15.4 Å². The molecule has 2 rings (SSSR count). The summed E-state index contributed by atoms with van der Waals surface area (Å²) in [6, 6.07) is 11.7. The molecule has 118 valence electrons. The van der Waals surface area contributed by atoms with Crippen LogP contribution in [0.5, 0.6) is 0 Å². The second kappa shape index (κ2) is 5.94. The fourth-order valence-corrected chi connectivity index (χ4v) is 3.57. The van der Waals surface area contributed by atoms with E-state index in [1.807, 2.05) is 19.1 Å². The molecule has 0 aliphatic heterocycles. The molecule has 0 saturated heterocycles. The lowest BCUT2D eigenvalue weighted by molar-refractivity contribution is 0.586. The quantitative estimate of drug-likeness (QED) is 0.878. The molecule has 5 heteroatoms. The Hall–Kier alpha value is -1.52. The Morgan fingerprint density at radius 2 is 1.59 bits per heavy atom. The average molecular weight is 338 g/mol. The van der Waals surface area contributed by atoms with Crippen molar-refractivity contribution in [2.45, 2.75) is 38.0 Å². The maximum atomic E-state index is 12.4. The van der Waals surface area contributed by atoms with E-state index in [2.05, 4.69) is 25.5 Å². The molecule has 0 bridgehead atoms. The van der Waals surface area contributed by atoms with Gasteiger partial charge in [0, 0.05) is 10.7 Å². The maximum Gasteiger partial charge on any atom is 0.261 e. The monoisotopic (exact) mass is 337 g/mol. The Morgan fingerprint density at radius 3 is 2.09 bits per heavy atom. The maximum absolute atomic E-state index is 12.4. The lowest BCUT2D eigenvalue weighted by Crippen LogP contribution is -2.15. The van der Waals surface area contributed by atoms with E-state index in [9.17, 15) is 8.42 Å². The first-order chi connectivity index (χ1) is 10.1. The molecule has 0 amide bonds. The third kappa shape index (κ3) is 3.81. The van der Waals surface area contributed by atoms with Crippen molar-refractivity contribution in [3.05, 3.63) is 58.6 Å². The third-order valence-corrected chi connectivity index (χ3v) is 5.06. The van der Waals surface area contributed by atoms with Crippen molar-refractivity contribution in [2.24, 2.45) is 0 Å². The lowest BCUT2D eigenvalue weighted by Gasteiger charge is -2.22. The standard InChI is InChI=1S/C17H20ClNO2S/c1-12-11-14(7-10-16(12)17(2,3)4)19-22(20,21)15-8-5-13(18)6-9-15/h5-11,19H,1-4H3. The van der Waals surface area contributed by atoms with E-state index < -0.39 is 10.0 Å². The van der Waals surface area contributed by atoms with E-state index in [0.717, 1.165) is 5.56 Å². The fourth-order valence-electron chi connectivity index (χ4n) is 2.40. The molecule has 0 unspecified atom stereocenters. The fraction of sp³-hybridized carbons (Fsp3) is 0.294. The molecule has 0 aliphatic carbocycles. The molecule has 0 fully saturated rings. The van der Waals surface area contributed by atoms with Gasteiger partial charge in [-0.05, 0) is 59.9 Å². The highest BCUT2D eigenvalue weighted by Gasteiger charge is 2.18. The first-order valence-electron chi connectivity index (χ1n) is 6.99. The number of rotatable bonds is 3. The molecule has 1 N–H and O–H groups in total. The first kappa shape index (κ1) is 16.8. The van der Waals surface area contributed by atoms with Crippen molar-refractivity contribution >= 4 is 27.3 Å². The molecule has 0 heterocycles. The molecular formula is C17H20ClNO2S. The highest BCUT2D eigenvalue weighted by atomic mass is 35.5. The number of nitrogens with one attached hydrogen (secondary N) is 1. The van der Waals surface area contributed by atoms with E-state index in [1.54, 1.807) is 18.2 Å². The summed E-state index contributed by atoms with van der Waals surface area (Å²) in [4.78, 5) is 0.189. The zero-order chi connectivity index (χ0) is 16.5. The normalized spacial score (nSPS) is 12.2. The molecule has 0 aromatic heterocycles. The van der Waals surface area contributed by atoms with Gasteiger partial charge in [-0.15, -0.1) is 0 Å². The molecule has 0 aliphatic rings. The lowest BCUT2D eigenvalue weighted by atomic mass is 9.84. The Bertz CT molecular complexity index is 775. The minimum atomic E-state index is -3.60. The minimum Gasteiger partial charge on any atom is -0.280 e. The van der Waals surface area contributed by atoms with Crippen LogP contribution in [-0.4, -0.2) is 8.42 Å². The first-order valence-corrected chi connectivity index (χ1v) is 8.85. The summed E-state index contributed by atoms with van der Waals surface area (Å²) >= 11 is 5.79. The van der Waals surface area contributed by atoms with Crippen LogP contribution in [0.25, 0.3) is 0 Å². The number of anilines is 1. The van der Waals surface area contributed by atoms with E-state index in [1.165, 1.54) is 17.7 Å². The van der Waals surface area contributed by atoms with Crippen LogP contribution in [0.4, 0.5) is 5.69 Å². The molecule has 2 aromatic rings. The summed E-state index contributed by atoms with van der Waals surface area (Å²) in [5.74, 6) is 0. The van der Waals surface area contributed by atoms with Crippen LogP contribution in [0.2, 0.25) is 5.02 Å². The molecule has 0 atom stereocenters. The molecule has 2 aromatic carbocycles. The molecule has 3 nitrogen and oxygen atoms in total. The van der Waals surface area contributed by atoms with Gasteiger partial charge in [-0.1, -0.05) is 38.4 Å². The Balaban J connectivity index is 2.31. The van der Waals surface area contributed by atoms with Gasteiger partial charge in [0.05, 0.1) is 4.90 Å². The van der Waals surface area contributed by atoms with Gasteiger partial charge in [0.15, 0.2) is 0 Å². The summed E-state index contributed by atoms with van der Waals surface area (Å²) < 4.78 is 27.3. The molecule has 22 heavy (non-hydrogen) atoms. The van der Waals surface area contributed by atoms with Crippen LogP contribution >= 0.6 is 11.6 Å². The zero-order valence-electron chi connectivity index (χ0n) is 13.1. The van der Waals surface area contributed by atoms with Crippen LogP contribution < -0.4 is 4.72 Å². The van der Waals surface area contributed by atoms with Crippen molar-refractivity contribution in [3.63, 3.8) is 0 Å². The predicted octanol–water partition coefficient (Wildman–Crippen LogP) is 4.75. The number of benzene rings is 2. The van der Waals surface area contributed by atoms with E-state index in [0.29, 0.717) is 10.7 Å². The van der Waals surface area contributed by atoms with Gasteiger partial charge in [-0.3, -0.25) is 4.72 Å². The number of halogens is 1. The highest BCUT2D eigenvalue weighted by Crippen LogP contribution is 2.28. The second-order valence-electron chi connectivity index (χ2n) is 6.34. The van der Waals surface area contributed by atoms with Crippen LogP contribution in [0.3, 0.4) is 0 Å². The van der Waals surface area contributed by atoms with Gasteiger partial charge in [-0.25, -0.2) is 8.42 Å². The summed E-state index contributed by atoms with van der Waals surface area (Å²) in [7, 11) is -3.60. The summed E-state index contributed by atoms with van der Waals surface area (Å²) in [6.07, 6.45) is 0. The van der Waals surface area contributed by atoms with Crippen molar-refractivity contribution in [1.82, 2.24) is 0 Å². The number of sulfonamides is 1. The molecule has 0 radical (unpaired) electrons. The van der Waals surface area contributed by atoms with Crippen molar-refractivity contribution in [3.8, 4) is 0 Å². The number of hydrogen-bond acceptors (Lipinski definition) is 2. The van der Waals surface area contributed by atoms with E-state index >= 15 is 0 Å². The summed E-state index contributed by atoms with van der Waals surface area (Å²) in [6.45, 7) is 8.38. The minimum absolute atomic E-state index is 0.0255. The van der Waals surface area contributed by atoms with E-state index in [-0.39, 0.29) is 10.3 Å². The van der Waals surface area contributed by atoms with E-state index in [4.69, 9.17) is 11.6 Å². The van der Waals surface area contributed by atoms with Gasteiger partial charge in [0.1, 0.15) is 0 Å². The smallest absolute Gasteiger partial charge is 0.261 e. The van der Waals surface area contributed by atoms with Gasteiger partial charge >= 0.3 is 0 Å². The number of aryl methyl sites for hydroxylation is 1. The largest absolute Gasteiger partial charge is 0.280 e. The molecule has 0 saturated carbocycles. The Labute approximate surface area is 137 Å². The number of hydrogen-bond donors (Lipinski definition) is 1. The van der Waals surface area contributed by atoms with Crippen LogP contribution in [0.1, 0.15) is 31.9 Å². The second-order valence-corrected chi connectivity index (χ2v) is 8.46. The topological polar surface area (TPSA) is 46.2 Å². The van der Waals surface area contributed by atoms with Crippen LogP contribution in [0, 0.1) is 6.92 Å². The summed E-state index contributed by atoms with van der Waals surface area (Å²) in [5.41, 5.74) is 2.84. The Kier molecular flexibility index (Phi) is 4.54. The van der Waals surface area contributed by atoms with Crippen molar-refractivity contribution in [1.29, 1.82) is 0 Å². The van der Waals surface area contributed by atoms with Gasteiger partial charge < -0.3 is 0 Å². The van der Waals surface area contributed by atoms with Gasteiger partial charge in [0.2, 0.25) is 0 Å². The van der Waals surface area contributed by atoms with Crippen LogP contribution in [0.15, 0.2) is 47.4 Å². The van der Waals surface area contributed by atoms with Gasteiger partial charge in [0.25, 0.3) is 10.0 Å². The van der Waals surface area contributed by atoms with Crippen molar-refractivity contribution in [2.75, 3.05) is 4.72 Å². The molecule has 0 spiro atoms. The SMILES string of the molecule is Cc1cc(NS(=O)(=O)c2ccc(Cl)cc2)ccc1C(C)(C)C. The highest BCUT2D eigenvalue weighted by molar-refractivity contribution is 7.92.